The minimum Gasteiger partial charge on any atom is -0.496 e. The molecular formula is C23H21N3O6. The van der Waals surface area contributed by atoms with E-state index in [-0.39, 0.29) is 12.3 Å². The van der Waals surface area contributed by atoms with Crippen LogP contribution in [0.1, 0.15) is 21.5 Å². The molecule has 0 aromatic heterocycles. The SMILES string of the molecule is COc1cc(/C=N/NC(=O)c2ccccc2OC)ccc1OCc1ccc([N+](=O)[O-])cc1. The number of methoxy groups -OCH3 is 2. The lowest BCUT2D eigenvalue weighted by molar-refractivity contribution is -0.384. The van der Waals surface area contributed by atoms with Crippen LogP contribution in [0, 0.1) is 10.1 Å². The van der Waals surface area contributed by atoms with E-state index >= 15 is 0 Å². The fraction of sp³-hybridized carbons (Fsp3) is 0.130. The summed E-state index contributed by atoms with van der Waals surface area (Å²) in [6.07, 6.45) is 1.48. The van der Waals surface area contributed by atoms with Crippen LogP contribution < -0.4 is 19.6 Å². The number of nitrogens with zero attached hydrogens (tertiary/aromatic N) is 2. The highest BCUT2D eigenvalue weighted by Crippen LogP contribution is 2.28. The van der Waals surface area contributed by atoms with E-state index in [1.807, 2.05) is 0 Å². The molecule has 0 aliphatic heterocycles. The number of nitro groups is 1. The number of hydrogen-bond donors (Lipinski definition) is 1. The second-order valence-electron chi connectivity index (χ2n) is 6.52. The minimum atomic E-state index is -0.452. The Balaban J connectivity index is 1.63. The average molecular weight is 435 g/mol. The predicted octanol–water partition coefficient (Wildman–Crippen LogP) is 3.95. The second kappa shape index (κ2) is 10.6. The zero-order valence-electron chi connectivity index (χ0n) is 17.5. The molecule has 3 aromatic carbocycles. The van der Waals surface area contributed by atoms with Crippen molar-refractivity contribution in [3.8, 4) is 17.2 Å². The van der Waals surface area contributed by atoms with E-state index in [9.17, 15) is 14.9 Å². The van der Waals surface area contributed by atoms with Crippen LogP contribution in [0.2, 0.25) is 0 Å². The van der Waals surface area contributed by atoms with E-state index in [0.29, 0.717) is 28.4 Å². The van der Waals surface area contributed by atoms with E-state index in [2.05, 4.69) is 10.5 Å². The first kappa shape index (κ1) is 22.3. The molecule has 9 nitrogen and oxygen atoms in total. The number of amides is 1. The molecule has 0 heterocycles. The van der Waals surface area contributed by atoms with Gasteiger partial charge in [0.15, 0.2) is 11.5 Å². The molecule has 9 heteroatoms. The topological polar surface area (TPSA) is 112 Å². The largest absolute Gasteiger partial charge is 0.496 e. The van der Waals surface area contributed by atoms with Crippen LogP contribution in [0.5, 0.6) is 17.2 Å². The summed E-state index contributed by atoms with van der Waals surface area (Å²) < 4.78 is 16.3. The van der Waals surface area contributed by atoms with Crippen molar-refractivity contribution < 1.29 is 23.9 Å². The van der Waals surface area contributed by atoms with E-state index in [1.165, 1.54) is 32.6 Å². The first-order valence-corrected chi connectivity index (χ1v) is 9.52. The van der Waals surface area contributed by atoms with Crippen LogP contribution in [-0.4, -0.2) is 31.3 Å². The average Bonchev–Trinajstić information content (AvgIpc) is 2.83. The zero-order valence-corrected chi connectivity index (χ0v) is 17.5. The molecule has 1 N–H and O–H groups in total. The van der Waals surface area contributed by atoms with Crippen LogP contribution in [0.15, 0.2) is 71.8 Å². The Morgan fingerprint density at radius 3 is 2.41 bits per heavy atom. The fourth-order valence-electron chi connectivity index (χ4n) is 2.82. The van der Waals surface area contributed by atoms with E-state index in [0.717, 1.165) is 5.56 Å². The van der Waals surface area contributed by atoms with Gasteiger partial charge in [-0.1, -0.05) is 12.1 Å². The van der Waals surface area contributed by atoms with Crippen LogP contribution in [0.3, 0.4) is 0 Å². The first-order chi connectivity index (χ1) is 15.5. The number of para-hydroxylation sites is 1. The quantitative estimate of drug-likeness (QED) is 0.309. The molecular weight excluding hydrogens is 414 g/mol. The highest BCUT2D eigenvalue weighted by molar-refractivity contribution is 5.97. The number of non-ortho nitro benzene ring substituents is 1. The predicted molar refractivity (Wildman–Crippen MR) is 118 cm³/mol. The van der Waals surface area contributed by atoms with Crippen molar-refractivity contribution in [2.45, 2.75) is 6.61 Å². The third kappa shape index (κ3) is 5.60. The van der Waals surface area contributed by atoms with Gasteiger partial charge in [0, 0.05) is 12.1 Å². The number of carbonyl (C=O) groups excluding carboxylic acids is 1. The van der Waals surface area contributed by atoms with Gasteiger partial charge in [-0.05, 0) is 53.6 Å². The summed E-state index contributed by atoms with van der Waals surface area (Å²) in [5.74, 6) is 1.04. The maximum atomic E-state index is 12.3. The Kier molecular flexibility index (Phi) is 7.37. The number of rotatable bonds is 9. The van der Waals surface area contributed by atoms with Gasteiger partial charge in [-0.15, -0.1) is 0 Å². The molecule has 0 aliphatic carbocycles. The van der Waals surface area contributed by atoms with Crippen molar-refractivity contribution in [2.75, 3.05) is 14.2 Å². The standard InChI is InChI=1S/C23H21N3O6/c1-30-20-6-4-3-5-19(20)23(27)25-24-14-17-9-12-21(22(13-17)31-2)32-15-16-7-10-18(11-8-16)26(28)29/h3-14H,15H2,1-2H3,(H,25,27)/b24-14+. The lowest BCUT2D eigenvalue weighted by Crippen LogP contribution is -2.18. The van der Waals surface area contributed by atoms with Gasteiger partial charge in [-0.25, -0.2) is 5.43 Å². The van der Waals surface area contributed by atoms with Gasteiger partial charge >= 0.3 is 0 Å². The van der Waals surface area contributed by atoms with Gasteiger partial charge in [0.1, 0.15) is 12.4 Å². The summed E-state index contributed by atoms with van der Waals surface area (Å²) in [4.78, 5) is 22.6. The Hall–Kier alpha value is -4.40. The number of benzene rings is 3. The van der Waals surface area contributed by atoms with E-state index in [4.69, 9.17) is 14.2 Å². The summed E-state index contributed by atoms with van der Waals surface area (Å²) in [6, 6.07) is 18.2. The van der Waals surface area contributed by atoms with Crippen LogP contribution >= 0.6 is 0 Å². The number of ether oxygens (including phenoxy) is 3. The number of hydrazone groups is 1. The number of hydrogen-bond acceptors (Lipinski definition) is 7. The van der Waals surface area contributed by atoms with Gasteiger partial charge in [0.05, 0.1) is 30.9 Å². The highest BCUT2D eigenvalue weighted by Gasteiger charge is 2.11. The van der Waals surface area contributed by atoms with Crippen LogP contribution in [0.25, 0.3) is 0 Å². The van der Waals surface area contributed by atoms with Gasteiger partial charge < -0.3 is 14.2 Å². The van der Waals surface area contributed by atoms with E-state index in [1.54, 1.807) is 54.6 Å². The lowest BCUT2D eigenvalue weighted by Gasteiger charge is -2.11. The van der Waals surface area contributed by atoms with Crippen molar-refractivity contribution in [3.63, 3.8) is 0 Å². The molecule has 0 bridgehead atoms. The van der Waals surface area contributed by atoms with Crippen molar-refractivity contribution >= 4 is 17.8 Å². The molecule has 0 unspecified atom stereocenters. The second-order valence-corrected chi connectivity index (χ2v) is 6.52. The summed E-state index contributed by atoms with van der Waals surface area (Å²) >= 11 is 0. The Morgan fingerprint density at radius 2 is 1.72 bits per heavy atom. The molecule has 164 valence electrons. The summed E-state index contributed by atoms with van der Waals surface area (Å²) in [5, 5.41) is 14.7. The first-order valence-electron chi connectivity index (χ1n) is 9.52. The smallest absolute Gasteiger partial charge is 0.275 e. The number of nitrogens with one attached hydrogen (secondary N) is 1. The molecule has 0 radical (unpaired) electrons. The maximum absolute atomic E-state index is 12.3. The molecule has 0 saturated heterocycles. The number of nitro benzene ring substituents is 1. The normalized spacial score (nSPS) is 10.6. The lowest BCUT2D eigenvalue weighted by atomic mass is 10.2. The van der Waals surface area contributed by atoms with Crippen molar-refractivity contribution in [2.24, 2.45) is 5.10 Å². The highest BCUT2D eigenvalue weighted by atomic mass is 16.6. The molecule has 1 amide bonds. The summed E-state index contributed by atoms with van der Waals surface area (Å²) in [5.41, 5.74) is 4.32. The molecule has 0 saturated carbocycles. The molecule has 0 fully saturated rings. The molecule has 3 rings (SSSR count). The fourth-order valence-corrected chi connectivity index (χ4v) is 2.82. The maximum Gasteiger partial charge on any atom is 0.275 e. The van der Waals surface area contributed by atoms with Crippen LogP contribution in [0.4, 0.5) is 5.69 Å². The van der Waals surface area contributed by atoms with Crippen molar-refractivity contribution in [3.05, 3.63) is 93.5 Å². The summed E-state index contributed by atoms with van der Waals surface area (Å²) in [6.45, 7) is 0.219. The third-order valence-corrected chi connectivity index (χ3v) is 4.46. The third-order valence-electron chi connectivity index (χ3n) is 4.46. The van der Waals surface area contributed by atoms with Gasteiger partial charge in [0.25, 0.3) is 11.6 Å². The monoisotopic (exact) mass is 435 g/mol. The number of carbonyl (C=O) groups is 1. The molecule has 3 aromatic rings. The van der Waals surface area contributed by atoms with Gasteiger partial charge in [-0.3, -0.25) is 14.9 Å². The minimum absolute atomic E-state index is 0.0211. The summed E-state index contributed by atoms with van der Waals surface area (Å²) in [7, 11) is 3.01. The molecule has 32 heavy (non-hydrogen) atoms. The molecule has 0 atom stereocenters. The Morgan fingerprint density at radius 1 is 1.00 bits per heavy atom. The van der Waals surface area contributed by atoms with E-state index < -0.39 is 10.8 Å². The Bertz CT molecular complexity index is 1130. The van der Waals surface area contributed by atoms with Crippen molar-refractivity contribution in [1.82, 2.24) is 5.43 Å². The van der Waals surface area contributed by atoms with Gasteiger partial charge in [-0.2, -0.15) is 5.10 Å². The van der Waals surface area contributed by atoms with Crippen molar-refractivity contribution in [1.29, 1.82) is 0 Å². The zero-order chi connectivity index (χ0) is 22.9. The van der Waals surface area contributed by atoms with Crippen LogP contribution in [-0.2, 0) is 6.61 Å². The molecule has 0 aliphatic rings. The molecule has 0 spiro atoms. The van der Waals surface area contributed by atoms with Gasteiger partial charge in [0.2, 0.25) is 0 Å². The Labute approximate surface area is 184 Å².